The summed E-state index contributed by atoms with van der Waals surface area (Å²) in [6, 6.07) is 13.3. The van der Waals surface area contributed by atoms with E-state index in [1.54, 1.807) is 24.3 Å². The molecule has 0 amide bonds. The summed E-state index contributed by atoms with van der Waals surface area (Å²) in [5.41, 5.74) is 2.79. The van der Waals surface area contributed by atoms with E-state index in [0.717, 1.165) is 5.56 Å². The molecule has 0 saturated carbocycles. The molecule has 0 atom stereocenters. The second-order valence-electron chi connectivity index (χ2n) is 4.97. The monoisotopic (exact) mass is 280 g/mol. The highest BCUT2D eigenvalue weighted by molar-refractivity contribution is 6.07. The number of hydrogen-bond acceptors (Lipinski definition) is 3. The van der Waals surface area contributed by atoms with E-state index in [1.807, 2.05) is 37.3 Å². The van der Waals surface area contributed by atoms with Crippen LogP contribution in [0.3, 0.4) is 0 Å². The van der Waals surface area contributed by atoms with Crippen LogP contribution in [0.2, 0.25) is 0 Å². The maximum absolute atomic E-state index is 12.2. The number of allylic oxidation sites excluding steroid dienone is 1. The van der Waals surface area contributed by atoms with E-state index in [0.29, 0.717) is 30.3 Å². The highest BCUT2D eigenvalue weighted by atomic mass is 16.6. The van der Waals surface area contributed by atoms with Crippen LogP contribution in [0.5, 0.6) is 11.5 Å². The van der Waals surface area contributed by atoms with Crippen LogP contribution in [-0.4, -0.2) is 19.0 Å². The quantitative estimate of drug-likeness (QED) is 0.636. The Hall–Kier alpha value is -2.55. The van der Waals surface area contributed by atoms with Crippen molar-refractivity contribution in [1.82, 2.24) is 0 Å². The first kappa shape index (κ1) is 13.4. The number of fused-ring (bicyclic) bond motifs is 1. The molecule has 106 valence electrons. The Kier molecular flexibility index (Phi) is 3.73. The van der Waals surface area contributed by atoms with Crippen molar-refractivity contribution >= 4 is 11.9 Å². The maximum Gasteiger partial charge on any atom is 0.185 e. The summed E-state index contributed by atoms with van der Waals surface area (Å²) in [5, 5.41) is 0. The third-order valence-corrected chi connectivity index (χ3v) is 3.30. The van der Waals surface area contributed by atoms with Gasteiger partial charge in [-0.25, -0.2) is 0 Å². The molecule has 0 bridgehead atoms. The lowest BCUT2D eigenvalue weighted by Gasteiger charge is -2.18. The van der Waals surface area contributed by atoms with Crippen molar-refractivity contribution in [2.45, 2.75) is 6.92 Å². The molecule has 0 aliphatic carbocycles. The normalized spacial score (nSPS) is 13.4. The van der Waals surface area contributed by atoms with Crippen molar-refractivity contribution in [2.75, 3.05) is 13.2 Å². The van der Waals surface area contributed by atoms with Gasteiger partial charge in [-0.3, -0.25) is 4.79 Å². The molecule has 0 spiro atoms. The Morgan fingerprint density at radius 3 is 2.67 bits per heavy atom. The lowest BCUT2D eigenvalue weighted by Crippen LogP contribution is -2.15. The molecular weight excluding hydrogens is 264 g/mol. The molecule has 1 aliphatic heterocycles. The van der Waals surface area contributed by atoms with Crippen LogP contribution >= 0.6 is 0 Å². The summed E-state index contributed by atoms with van der Waals surface area (Å²) >= 11 is 0. The average molecular weight is 280 g/mol. The number of carbonyl (C=O) groups excluding carboxylic acids is 1. The first-order valence-electron chi connectivity index (χ1n) is 6.91. The summed E-state index contributed by atoms with van der Waals surface area (Å²) in [5.74, 6) is 1.28. The van der Waals surface area contributed by atoms with Crippen molar-refractivity contribution in [2.24, 2.45) is 0 Å². The number of rotatable bonds is 3. The molecule has 0 saturated heterocycles. The predicted molar refractivity (Wildman–Crippen MR) is 82.0 cm³/mol. The van der Waals surface area contributed by atoms with Crippen LogP contribution in [0, 0.1) is 6.92 Å². The zero-order valence-electron chi connectivity index (χ0n) is 11.8. The van der Waals surface area contributed by atoms with E-state index in [-0.39, 0.29) is 5.78 Å². The number of aryl methyl sites for hydroxylation is 1. The van der Waals surface area contributed by atoms with Crippen molar-refractivity contribution in [3.63, 3.8) is 0 Å². The third kappa shape index (κ3) is 3.14. The number of hydrogen-bond donors (Lipinski definition) is 0. The fourth-order valence-electron chi connectivity index (χ4n) is 2.24. The topological polar surface area (TPSA) is 35.5 Å². The van der Waals surface area contributed by atoms with Crippen molar-refractivity contribution in [3.8, 4) is 11.5 Å². The molecule has 2 aromatic rings. The first-order chi connectivity index (χ1) is 10.2. The Bertz CT molecular complexity index is 701. The predicted octanol–water partition coefficient (Wildman–Crippen LogP) is 3.66. The van der Waals surface area contributed by atoms with E-state index in [9.17, 15) is 4.79 Å². The Balaban J connectivity index is 1.79. The maximum atomic E-state index is 12.2. The molecule has 0 aromatic heterocycles. The van der Waals surface area contributed by atoms with E-state index < -0.39 is 0 Å². The van der Waals surface area contributed by atoms with Crippen LogP contribution in [0.15, 0.2) is 48.5 Å². The second kappa shape index (κ2) is 5.83. The molecule has 1 heterocycles. The minimum atomic E-state index is -0.0477. The molecule has 3 rings (SSSR count). The van der Waals surface area contributed by atoms with Crippen molar-refractivity contribution < 1.29 is 14.3 Å². The van der Waals surface area contributed by atoms with Gasteiger partial charge in [-0.1, -0.05) is 35.9 Å². The SMILES string of the molecule is Cc1cccc(/C=C/C(=O)c2ccc3c(c2)OCCO3)c1. The van der Waals surface area contributed by atoms with Gasteiger partial charge in [0, 0.05) is 5.56 Å². The minimum absolute atomic E-state index is 0.0477. The Morgan fingerprint density at radius 1 is 1.05 bits per heavy atom. The van der Waals surface area contributed by atoms with Gasteiger partial charge in [0.2, 0.25) is 0 Å². The molecule has 3 nitrogen and oxygen atoms in total. The Morgan fingerprint density at radius 2 is 1.86 bits per heavy atom. The van der Waals surface area contributed by atoms with Crippen LogP contribution in [0.1, 0.15) is 21.5 Å². The van der Waals surface area contributed by atoms with Gasteiger partial charge < -0.3 is 9.47 Å². The second-order valence-corrected chi connectivity index (χ2v) is 4.97. The van der Waals surface area contributed by atoms with E-state index in [2.05, 4.69) is 0 Å². The molecule has 2 aromatic carbocycles. The van der Waals surface area contributed by atoms with Crippen LogP contribution in [0.4, 0.5) is 0 Å². The van der Waals surface area contributed by atoms with Crippen molar-refractivity contribution in [3.05, 3.63) is 65.2 Å². The summed E-state index contributed by atoms with van der Waals surface area (Å²) in [6.07, 6.45) is 3.41. The first-order valence-corrected chi connectivity index (χ1v) is 6.91. The zero-order chi connectivity index (χ0) is 14.7. The molecule has 0 N–H and O–H groups in total. The molecule has 1 aliphatic rings. The van der Waals surface area contributed by atoms with Crippen molar-refractivity contribution in [1.29, 1.82) is 0 Å². The van der Waals surface area contributed by atoms with E-state index in [4.69, 9.17) is 9.47 Å². The fourth-order valence-corrected chi connectivity index (χ4v) is 2.24. The average Bonchev–Trinajstić information content (AvgIpc) is 2.52. The third-order valence-electron chi connectivity index (χ3n) is 3.30. The standard InChI is InChI=1S/C18H16O3/c1-13-3-2-4-14(11-13)5-7-16(19)15-6-8-17-18(12-15)21-10-9-20-17/h2-8,11-12H,9-10H2,1H3/b7-5+. The molecule has 0 unspecified atom stereocenters. The number of ether oxygens (including phenoxy) is 2. The van der Waals surface area contributed by atoms with Gasteiger partial charge in [0.15, 0.2) is 17.3 Å². The van der Waals surface area contributed by atoms with E-state index in [1.165, 1.54) is 5.56 Å². The highest BCUT2D eigenvalue weighted by Gasteiger charge is 2.13. The summed E-state index contributed by atoms with van der Waals surface area (Å²) in [4.78, 5) is 12.2. The zero-order valence-corrected chi connectivity index (χ0v) is 11.8. The molecular formula is C18H16O3. The van der Waals surface area contributed by atoms with Gasteiger partial charge in [0.25, 0.3) is 0 Å². The number of ketones is 1. The molecule has 0 fully saturated rings. The molecule has 21 heavy (non-hydrogen) atoms. The number of carbonyl (C=O) groups is 1. The smallest absolute Gasteiger partial charge is 0.185 e. The van der Waals surface area contributed by atoms with Gasteiger partial charge in [-0.2, -0.15) is 0 Å². The van der Waals surface area contributed by atoms with Gasteiger partial charge in [-0.15, -0.1) is 0 Å². The fraction of sp³-hybridized carbons (Fsp3) is 0.167. The Labute approximate surface area is 123 Å². The minimum Gasteiger partial charge on any atom is -0.486 e. The lowest BCUT2D eigenvalue weighted by molar-refractivity contribution is 0.104. The van der Waals surface area contributed by atoms with Gasteiger partial charge in [0.1, 0.15) is 13.2 Å². The molecule has 0 radical (unpaired) electrons. The van der Waals surface area contributed by atoms with E-state index >= 15 is 0 Å². The summed E-state index contributed by atoms with van der Waals surface area (Å²) in [6.45, 7) is 3.09. The summed E-state index contributed by atoms with van der Waals surface area (Å²) in [7, 11) is 0. The lowest BCUT2D eigenvalue weighted by atomic mass is 10.1. The van der Waals surface area contributed by atoms with Gasteiger partial charge >= 0.3 is 0 Å². The van der Waals surface area contributed by atoms with Crippen LogP contribution in [0.25, 0.3) is 6.08 Å². The summed E-state index contributed by atoms with van der Waals surface area (Å²) < 4.78 is 10.9. The number of benzene rings is 2. The van der Waals surface area contributed by atoms with Gasteiger partial charge in [-0.05, 0) is 36.8 Å². The van der Waals surface area contributed by atoms with Crippen LogP contribution < -0.4 is 9.47 Å². The van der Waals surface area contributed by atoms with Crippen LogP contribution in [-0.2, 0) is 0 Å². The largest absolute Gasteiger partial charge is 0.486 e. The highest BCUT2D eigenvalue weighted by Crippen LogP contribution is 2.30. The van der Waals surface area contributed by atoms with Gasteiger partial charge in [0.05, 0.1) is 0 Å². The molecule has 3 heteroatoms.